The number of amides is 1. The summed E-state index contributed by atoms with van der Waals surface area (Å²) in [6, 6.07) is 15.2. The van der Waals surface area contributed by atoms with Crippen LogP contribution in [0.3, 0.4) is 0 Å². The molecule has 0 spiro atoms. The number of hydrogen-bond donors (Lipinski definition) is 3. The van der Waals surface area contributed by atoms with Crippen LogP contribution in [0.2, 0.25) is 0 Å². The lowest BCUT2D eigenvalue weighted by molar-refractivity contribution is -0.140. The Kier molecular flexibility index (Phi) is 7.99. The lowest BCUT2D eigenvalue weighted by Crippen LogP contribution is -2.45. The molecule has 2 heterocycles. The smallest absolute Gasteiger partial charge is 0.337 e. The van der Waals surface area contributed by atoms with E-state index in [1.54, 1.807) is 49.5 Å². The van der Waals surface area contributed by atoms with Gasteiger partial charge in [-0.05, 0) is 55.2 Å². The highest BCUT2D eigenvalue weighted by molar-refractivity contribution is 5.98. The Bertz CT molecular complexity index is 1520. The molecular weight excluding hydrogens is 496 g/mol. The highest BCUT2D eigenvalue weighted by Crippen LogP contribution is 2.34. The molecule has 39 heavy (non-hydrogen) atoms. The number of benzene rings is 2. The van der Waals surface area contributed by atoms with E-state index in [4.69, 9.17) is 9.72 Å². The van der Waals surface area contributed by atoms with E-state index in [0.717, 1.165) is 22.4 Å². The molecular formula is C30H32N4O5. The fourth-order valence-corrected chi connectivity index (χ4v) is 4.43. The fourth-order valence-electron chi connectivity index (χ4n) is 4.43. The van der Waals surface area contributed by atoms with Crippen molar-refractivity contribution < 1.29 is 24.2 Å². The van der Waals surface area contributed by atoms with Gasteiger partial charge < -0.3 is 20.5 Å². The number of carbonyl (C=O) groups is 3. The van der Waals surface area contributed by atoms with Gasteiger partial charge in [0.05, 0.1) is 12.7 Å². The number of nitrogens with zero attached hydrogens (tertiary/aromatic N) is 2. The van der Waals surface area contributed by atoms with E-state index in [0.29, 0.717) is 34.7 Å². The van der Waals surface area contributed by atoms with Crippen molar-refractivity contribution in [2.24, 2.45) is 5.92 Å². The Morgan fingerprint density at radius 1 is 1.03 bits per heavy atom. The molecule has 0 saturated carbocycles. The summed E-state index contributed by atoms with van der Waals surface area (Å²) in [5.74, 6) is -1.53. The molecule has 0 saturated heterocycles. The van der Waals surface area contributed by atoms with Crippen LogP contribution in [0.25, 0.3) is 16.9 Å². The third-order valence-corrected chi connectivity index (χ3v) is 6.96. The van der Waals surface area contributed by atoms with Crippen LogP contribution in [0.15, 0.2) is 60.8 Å². The average Bonchev–Trinajstić information content (AvgIpc) is 3.30. The molecule has 2 aromatic heterocycles. The molecule has 2 aromatic carbocycles. The van der Waals surface area contributed by atoms with E-state index in [2.05, 4.69) is 10.6 Å². The van der Waals surface area contributed by atoms with Crippen LogP contribution < -0.4 is 10.6 Å². The molecule has 0 aliphatic rings. The van der Waals surface area contributed by atoms with Gasteiger partial charge in [0.1, 0.15) is 23.2 Å². The highest BCUT2D eigenvalue weighted by atomic mass is 16.5. The van der Waals surface area contributed by atoms with Crippen LogP contribution in [0.1, 0.15) is 52.1 Å². The zero-order valence-corrected chi connectivity index (χ0v) is 22.6. The minimum Gasteiger partial charge on any atom is -0.480 e. The normalized spacial score (nSPS) is 12.5. The van der Waals surface area contributed by atoms with E-state index in [-0.39, 0.29) is 5.92 Å². The fraction of sp³-hybridized carbons (Fsp3) is 0.267. The molecule has 0 radical (unpaired) electrons. The lowest BCUT2D eigenvalue weighted by atomic mass is 9.99. The Morgan fingerprint density at radius 3 is 2.28 bits per heavy atom. The zero-order valence-electron chi connectivity index (χ0n) is 22.6. The number of para-hydroxylation sites is 1. The minimum absolute atomic E-state index is 0.227. The maximum absolute atomic E-state index is 13.0. The van der Waals surface area contributed by atoms with E-state index in [9.17, 15) is 19.5 Å². The number of ether oxygens (including phenoxy) is 1. The van der Waals surface area contributed by atoms with Crippen molar-refractivity contribution in [1.82, 2.24) is 14.7 Å². The van der Waals surface area contributed by atoms with Gasteiger partial charge in [0, 0.05) is 23.0 Å². The van der Waals surface area contributed by atoms with Crippen molar-refractivity contribution in [1.29, 1.82) is 0 Å². The summed E-state index contributed by atoms with van der Waals surface area (Å²) in [6.45, 7) is 7.71. The molecule has 9 heteroatoms. The summed E-state index contributed by atoms with van der Waals surface area (Å²) < 4.78 is 6.66. The number of carbonyl (C=O) groups excluding carboxylic acids is 2. The van der Waals surface area contributed by atoms with Gasteiger partial charge in [0.15, 0.2) is 0 Å². The Morgan fingerprint density at radius 2 is 1.69 bits per heavy atom. The third kappa shape index (κ3) is 5.62. The molecule has 9 nitrogen and oxygen atoms in total. The first kappa shape index (κ1) is 27.4. The monoisotopic (exact) mass is 528 g/mol. The highest BCUT2D eigenvalue weighted by Gasteiger charge is 2.26. The number of fused-ring (bicyclic) bond motifs is 1. The number of esters is 1. The summed E-state index contributed by atoms with van der Waals surface area (Å²) in [5, 5.41) is 15.8. The topological polar surface area (TPSA) is 122 Å². The summed E-state index contributed by atoms with van der Waals surface area (Å²) in [7, 11) is 1.33. The SMILES string of the molecule is CCC(C)C(NC(=O)c1ccn2c(Nc3c(C)cccc3C)c(-c3ccc(C(=O)OC)cc3)nc2c1)C(=O)O. The summed E-state index contributed by atoms with van der Waals surface area (Å²) in [6.07, 6.45) is 2.35. The van der Waals surface area contributed by atoms with Crippen molar-refractivity contribution in [3.63, 3.8) is 0 Å². The molecule has 0 aliphatic carbocycles. The first-order chi connectivity index (χ1) is 18.6. The van der Waals surface area contributed by atoms with Crippen LogP contribution in [0, 0.1) is 19.8 Å². The first-order valence-corrected chi connectivity index (χ1v) is 12.7. The van der Waals surface area contributed by atoms with Crippen LogP contribution in [0.4, 0.5) is 11.5 Å². The number of aryl methyl sites for hydroxylation is 2. The van der Waals surface area contributed by atoms with Crippen LogP contribution in [-0.4, -0.2) is 45.5 Å². The number of nitrogens with one attached hydrogen (secondary N) is 2. The van der Waals surface area contributed by atoms with Gasteiger partial charge in [0.2, 0.25) is 0 Å². The van der Waals surface area contributed by atoms with Crippen molar-refractivity contribution in [3.8, 4) is 11.3 Å². The average molecular weight is 529 g/mol. The summed E-state index contributed by atoms with van der Waals surface area (Å²) >= 11 is 0. The molecule has 0 bridgehead atoms. The second-order valence-corrected chi connectivity index (χ2v) is 9.59. The van der Waals surface area contributed by atoms with E-state index >= 15 is 0 Å². The second kappa shape index (κ2) is 11.4. The molecule has 2 atom stereocenters. The molecule has 3 N–H and O–H groups in total. The van der Waals surface area contributed by atoms with Gasteiger partial charge in [-0.2, -0.15) is 0 Å². The molecule has 1 amide bonds. The van der Waals surface area contributed by atoms with Gasteiger partial charge in [0.25, 0.3) is 5.91 Å². The molecule has 2 unspecified atom stereocenters. The molecule has 4 aromatic rings. The van der Waals surface area contributed by atoms with Gasteiger partial charge in [-0.1, -0.05) is 50.6 Å². The van der Waals surface area contributed by atoms with Gasteiger partial charge >= 0.3 is 11.9 Å². The number of carboxylic acids is 1. The van der Waals surface area contributed by atoms with Crippen molar-refractivity contribution in [3.05, 3.63) is 83.0 Å². The minimum atomic E-state index is -1.07. The second-order valence-electron chi connectivity index (χ2n) is 9.59. The predicted molar refractivity (Wildman–Crippen MR) is 150 cm³/mol. The summed E-state index contributed by atoms with van der Waals surface area (Å²) in [4.78, 5) is 41.5. The quantitative estimate of drug-likeness (QED) is 0.249. The Hall–Kier alpha value is -4.66. The molecule has 0 aliphatic heterocycles. The van der Waals surface area contributed by atoms with Crippen molar-refractivity contribution in [2.75, 3.05) is 12.4 Å². The Labute approximate surface area is 226 Å². The molecule has 4 rings (SSSR count). The van der Waals surface area contributed by atoms with E-state index in [1.807, 2.05) is 43.4 Å². The van der Waals surface area contributed by atoms with Gasteiger partial charge in [-0.3, -0.25) is 9.20 Å². The first-order valence-electron chi connectivity index (χ1n) is 12.7. The van der Waals surface area contributed by atoms with Gasteiger partial charge in [-0.15, -0.1) is 0 Å². The maximum atomic E-state index is 13.0. The van der Waals surface area contributed by atoms with E-state index in [1.165, 1.54) is 7.11 Å². The summed E-state index contributed by atoms with van der Waals surface area (Å²) in [5.41, 5.74) is 5.64. The van der Waals surface area contributed by atoms with E-state index < -0.39 is 23.9 Å². The number of hydrogen-bond acceptors (Lipinski definition) is 6. The van der Waals surface area contributed by atoms with Crippen LogP contribution in [-0.2, 0) is 9.53 Å². The van der Waals surface area contributed by atoms with Crippen LogP contribution >= 0.6 is 0 Å². The number of carboxylic acid groups (broad SMARTS) is 1. The number of imidazole rings is 1. The number of anilines is 2. The maximum Gasteiger partial charge on any atom is 0.337 e. The van der Waals surface area contributed by atoms with Crippen molar-refractivity contribution >= 4 is 35.0 Å². The van der Waals surface area contributed by atoms with Crippen molar-refractivity contribution in [2.45, 2.75) is 40.2 Å². The van der Waals surface area contributed by atoms with Gasteiger partial charge in [-0.25, -0.2) is 14.6 Å². The molecule has 202 valence electrons. The largest absolute Gasteiger partial charge is 0.480 e. The number of pyridine rings is 1. The van der Waals surface area contributed by atoms with Crippen LogP contribution in [0.5, 0.6) is 0 Å². The molecule has 0 fully saturated rings. The lowest BCUT2D eigenvalue weighted by Gasteiger charge is -2.20. The number of rotatable bonds is 9. The number of methoxy groups -OCH3 is 1. The zero-order chi connectivity index (χ0) is 28.3. The predicted octanol–water partition coefficient (Wildman–Crippen LogP) is 5.38. The standard InChI is InChI=1S/C30H32N4O5/c1-6-17(2)25(29(36)37)33-28(35)22-14-15-34-23(16-22)31-26(20-10-12-21(13-11-20)30(38)39-5)27(34)32-24-18(3)8-7-9-19(24)4/h7-17,25,32H,6H2,1-5H3,(H,33,35)(H,36,37). The Balaban J connectivity index is 1.80. The number of aromatic nitrogens is 2. The number of aliphatic carboxylic acids is 1. The third-order valence-electron chi connectivity index (χ3n) is 6.96.